The van der Waals surface area contributed by atoms with Crippen LogP contribution in [0.5, 0.6) is 0 Å². The number of rotatable bonds is 2. The van der Waals surface area contributed by atoms with E-state index >= 15 is 0 Å². The van der Waals surface area contributed by atoms with Crippen LogP contribution >= 0.6 is 0 Å². The molecule has 1 aliphatic carbocycles. The first-order chi connectivity index (χ1) is 6.75. The molecule has 1 N–H and O–H groups in total. The van der Waals surface area contributed by atoms with Crippen molar-refractivity contribution in [3.05, 3.63) is 0 Å². The maximum atomic E-state index is 11.8. The smallest absolute Gasteiger partial charge is 0.222 e. The van der Waals surface area contributed by atoms with Crippen molar-refractivity contribution >= 4 is 5.91 Å². The lowest BCUT2D eigenvalue weighted by Crippen LogP contribution is -2.43. The third-order valence-electron chi connectivity index (χ3n) is 3.44. The van der Waals surface area contributed by atoms with Crippen molar-refractivity contribution in [2.75, 3.05) is 13.1 Å². The van der Waals surface area contributed by atoms with E-state index in [4.69, 9.17) is 0 Å². The summed E-state index contributed by atoms with van der Waals surface area (Å²) in [4.78, 5) is 13.6. The van der Waals surface area contributed by atoms with E-state index in [9.17, 15) is 9.90 Å². The molecule has 1 saturated carbocycles. The van der Waals surface area contributed by atoms with Crippen molar-refractivity contribution < 1.29 is 9.90 Å². The number of amides is 1. The minimum absolute atomic E-state index is 0.258. The number of hydrogen-bond donors (Lipinski definition) is 1. The average Bonchev–Trinajstić information content (AvgIpc) is 2.11. The Morgan fingerprint density at radius 3 is 2.64 bits per heavy atom. The van der Waals surface area contributed by atoms with Gasteiger partial charge in [-0.2, -0.15) is 0 Å². The number of aliphatic hydroxyl groups is 1. The van der Waals surface area contributed by atoms with Crippen LogP contribution in [0.3, 0.4) is 0 Å². The highest BCUT2D eigenvalue weighted by Crippen LogP contribution is 2.30. The fourth-order valence-electron chi connectivity index (χ4n) is 2.25. The first-order valence-corrected chi connectivity index (χ1v) is 5.71. The fraction of sp³-hybridized carbons (Fsp3) is 0.909. The van der Waals surface area contributed by atoms with Gasteiger partial charge < -0.3 is 10.0 Å². The van der Waals surface area contributed by atoms with Gasteiger partial charge in [0.15, 0.2) is 0 Å². The summed E-state index contributed by atoms with van der Waals surface area (Å²) in [6.07, 6.45) is 5.98. The van der Waals surface area contributed by atoms with Gasteiger partial charge in [0.2, 0.25) is 5.91 Å². The molecule has 2 fully saturated rings. The number of hydrogen-bond acceptors (Lipinski definition) is 2. The molecule has 0 aromatic heterocycles. The Kier molecular flexibility index (Phi) is 3.06. The number of nitrogens with zero attached hydrogens (tertiary/aromatic N) is 1. The molecule has 1 heterocycles. The largest absolute Gasteiger partial charge is 0.391 e. The highest BCUT2D eigenvalue weighted by molar-refractivity contribution is 5.76. The molecule has 1 saturated heterocycles. The second-order valence-electron chi connectivity index (χ2n) is 4.64. The van der Waals surface area contributed by atoms with Crippen molar-refractivity contribution in [3.63, 3.8) is 0 Å². The topological polar surface area (TPSA) is 40.5 Å². The number of carbonyl (C=O) groups is 1. The van der Waals surface area contributed by atoms with E-state index < -0.39 is 0 Å². The Morgan fingerprint density at radius 1 is 1.29 bits per heavy atom. The predicted octanol–water partition coefficient (Wildman–Crippen LogP) is 1.16. The average molecular weight is 197 g/mol. The van der Waals surface area contributed by atoms with Crippen LogP contribution in [0.1, 0.15) is 38.5 Å². The minimum atomic E-state index is -0.283. The van der Waals surface area contributed by atoms with E-state index in [1.54, 1.807) is 0 Å². The summed E-state index contributed by atoms with van der Waals surface area (Å²) in [5, 5.41) is 9.44. The highest BCUT2D eigenvalue weighted by Gasteiger charge is 2.26. The molecule has 0 aromatic carbocycles. The molecule has 0 aromatic rings. The molecule has 2 rings (SSSR count). The van der Waals surface area contributed by atoms with Crippen LogP contribution in [-0.2, 0) is 4.79 Å². The molecule has 80 valence electrons. The molecule has 3 heteroatoms. The van der Waals surface area contributed by atoms with Gasteiger partial charge in [-0.25, -0.2) is 0 Å². The molecule has 1 aliphatic heterocycles. The van der Waals surface area contributed by atoms with Crippen molar-refractivity contribution in [1.82, 2.24) is 4.90 Å². The van der Waals surface area contributed by atoms with Gasteiger partial charge in [0.1, 0.15) is 0 Å². The fourth-order valence-corrected chi connectivity index (χ4v) is 2.25. The van der Waals surface area contributed by atoms with Crippen molar-refractivity contribution in [2.24, 2.45) is 5.92 Å². The molecule has 14 heavy (non-hydrogen) atoms. The lowest BCUT2D eigenvalue weighted by atomic mass is 9.82. The first-order valence-electron chi connectivity index (χ1n) is 5.71. The zero-order valence-electron chi connectivity index (χ0n) is 8.61. The molecule has 0 bridgehead atoms. The van der Waals surface area contributed by atoms with E-state index in [-0.39, 0.29) is 12.0 Å². The molecule has 0 spiro atoms. The predicted molar refractivity (Wildman–Crippen MR) is 53.8 cm³/mol. The second-order valence-corrected chi connectivity index (χ2v) is 4.64. The Morgan fingerprint density at radius 2 is 2.07 bits per heavy atom. The molecule has 1 atom stereocenters. The number of aliphatic hydroxyl groups excluding tert-OH is 1. The molecule has 1 amide bonds. The van der Waals surface area contributed by atoms with E-state index in [2.05, 4.69) is 0 Å². The minimum Gasteiger partial charge on any atom is -0.391 e. The number of β-amino-alcohol motifs (C(OH)–C–C–N with tert-alkyl or cyclic N) is 1. The second kappa shape index (κ2) is 4.30. The summed E-state index contributed by atoms with van der Waals surface area (Å²) in [6.45, 7) is 1.41. The monoisotopic (exact) mass is 197 g/mol. The standard InChI is InChI=1S/C11H19NO2/c13-10-5-2-6-12(8-10)11(14)7-9-3-1-4-9/h9-10,13H,1-8H2. The summed E-state index contributed by atoms with van der Waals surface area (Å²) >= 11 is 0. The zero-order valence-corrected chi connectivity index (χ0v) is 8.61. The Bertz CT molecular complexity index is 213. The SMILES string of the molecule is O=C(CC1CCC1)N1CCCC(O)C1. The maximum Gasteiger partial charge on any atom is 0.222 e. The van der Waals surface area contributed by atoms with Crippen molar-refractivity contribution in [2.45, 2.75) is 44.6 Å². The summed E-state index contributed by atoms with van der Waals surface area (Å²) in [6, 6.07) is 0. The summed E-state index contributed by atoms with van der Waals surface area (Å²) in [5.74, 6) is 0.898. The molecular formula is C11H19NO2. The quantitative estimate of drug-likeness (QED) is 0.721. The number of likely N-dealkylation sites (tertiary alicyclic amines) is 1. The molecular weight excluding hydrogens is 178 g/mol. The van der Waals surface area contributed by atoms with Crippen LogP contribution in [0.2, 0.25) is 0 Å². The lowest BCUT2D eigenvalue weighted by Gasteiger charge is -2.33. The molecule has 1 unspecified atom stereocenters. The van der Waals surface area contributed by atoms with Crippen LogP contribution < -0.4 is 0 Å². The van der Waals surface area contributed by atoms with E-state index in [1.807, 2.05) is 4.90 Å². The van der Waals surface area contributed by atoms with Crippen molar-refractivity contribution in [3.8, 4) is 0 Å². The van der Waals surface area contributed by atoms with Gasteiger partial charge in [0, 0.05) is 19.5 Å². The van der Waals surface area contributed by atoms with Crippen LogP contribution in [-0.4, -0.2) is 35.1 Å². The molecule has 2 aliphatic rings. The maximum absolute atomic E-state index is 11.8. The first kappa shape index (κ1) is 9.97. The third kappa shape index (κ3) is 2.27. The van der Waals surface area contributed by atoms with Crippen LogP contribution in [0.25, 0.3) is 0 Å². The van der Waals surface area contributed by atoms with Gasteiger partial charge in [-0.3, -0.25) is 4.79 Å². The van der Waals surface area contributed by atoms with E-state index in [1.165, 1.54) is 19.3 Å². The van der Waals surface area contributed by atoms with E-state index in [0.717, 1.165) is 19.4 Å². The van der Waals surface area contributed by atoms with E-state index in [0.29, 0.717) is 18.9 Å². The molecule has 3 nitrogen and oxygen atoms in total. The summed E-state index contributed by atoms with van der Waals surface area (Å²) in [5.41, 5.74) is 0. The number of carbonyl (C=O) groups excluding carboxylic acids is 1. The van der Waals surface area contributed by atoms with Crippen molar-refractivity contribution in [1.29, 1.82) is 0 Å². The normalized spacial score (nSPS) is 28.6. The van der Waals surface area contributed by atoms with Crippen LogP contribution in [0.15, 0.2) is 0 Å². The van der Waals surface area contributed by atoms with Gasteiger partial charge in [-0.05, 0) is 31.6 Å². The molecule has 0 radical (unpaired) electrons. The Hall–Kier alpha value is -0.570. The number of piperidine rings is 1. The lowest BCUT2D eigenvalue weighted by molar-refractivity contribution is -0.135. The third-order valence-corrected chi connectivity index (χ3v) is 3.44. The Balaban J connectivity index is 1.77. The highest BCUT2D eigenvalue weighted by atomic mass is 16.3. The van der Waals surface area contributed by atoms with Gasteiger partial charge in [0.25, 0.3) is 0 Å². The summed E-state index contributed by atoms with van der Waals surface area (Å²) < 4.78 is 0. The van der Waals surface area contributed by atoms with Crippen LogP contribution in [0, 0.1) is 5.92 Å². The van der Waals surface area contributed by atoms with Crippen LogP contribution in [0.4, 0.5) is 0 Å². The van der Waals surface area contributed by atoms with Gasteiger partial charge in [-0.1, -0.05) is 6.42 Å². The van der Waals surface area contributed by atoms with Gasteiger partial charge in [0.05, 0.1) is 6.10 Å². The zero-order chi connectivity index (χ0) is 9.97. The van der Waals surface area contributed by atoms with Gasteiger partial charge >= 0.3 is 0 Å². The Labute approximate surface area is 85.1 Å². The van der Waals surface area contributed by atoms with Gasteiger partial charge in [-0.15, -0.1) is 0 Å². The summed E-state index contributed by atoms with van der Waals surface area (Å²) in [7, 11) is 0.